The van der Waals surface area contributed by atoms with Crippen LogP contribution < -0.4 is 19.6 Å². The summed E-state index contributed by atoms with van der Waals surface area (Å²) in [6.45, 7) is 2.88. The fourth-order valence-corrected chi connectivity index (χ4v) is 4.93. The van der Waals surface area contributed by atoms with Crippen LogP contribution in [0.5, 0.6) is 28.7 Å². The monoisotopic (exact) mass is 608 g/mol. The van der Waals surface area contributed by atoms with Gasteiger partial charge in [0.25, 0.3) is 0 Å². The van der Waals surface area contributed by atoms with Crippen LogP contribution in [0.15, 0.2) is 39.5 Å². The van der Waals surface area contributed by atoms with Crippen LogP contribution in [0.1, 0.15) is 13.8 Å². The fourth-order valence-electron chi connectivity index (χ4n) is 4.93. The summed E-state index contributed by atoms with van der Waals surface area (Å²) >= 11 is 0. The van der Waals surface area contributed by atoms with Gasteiger partial charge in [0.15, 0.2) is 17.3 Å². The Bertz CT molecular complexity index is 1540. The number of hydrogen-bond donors (Lipinski definition) is 8. The second kappa shape index (κ2) is 11.8. The van der Waals surface area contributed by atoms with E-state index < -0.39 is 83.7 Å². The lowest BCUT2D eigenvalue weighted by Gasteiger charge is -2.39. The van der Waals surface area contributed by atoms with E-state index in [2.05, 4.69) is 0 Å². The van der Waals surface area contributed by atoms with E-state index in [1.165, 1.54) is 45.2 Å². The van der Waals surface area contributed by atoms with E-state index in [-0.39, 0.29) is 34.2 Å². The Balaban J connectivity index is 1.61. The SMILES string of the molecule is COc1ccc(-c2oc3cc(O[C@@H]4O[C@@H](C)[C@H](O)[C@@H](O)[C@H]4O)cc(O)c3c(=O)c2O[C@@H]2O[C@@H](C)[C@H](O)[C@@H](O)[C@H]2O)cc1O. The van der Waals surface area contributed by atoms with Gasteiger partial charge in [-0.05, 0) is 32.0 Å². The first-order valence-corrected chi connectivity index (χ1v) is 13.3. The lowest BCUT2D eigenvalue weighted by molar-refractivity contribution is -0.268. The Labute approximate surface area is 243 Å². The zero-order chi connectivity index (χ0) is 31.3. The van der Waals surface area contributed by atoms with Crippen LogP contribution in [0, 0.1) is 0 Å². The van der Waals surface area contributed by atoms with Crippen LogP contribution in [0.25, 0.3) is 22.3 Å². The van der Waals surface area contributed by atoms with Crippen molar-refractivity contribution < 1.29 is 69.0 Å². The molecule has 5 rings (SSSR count). The van der Waals surface area contributed by atoms with Crippen LogP contribution in [0.4, 0.5) is 0 Å². The highest BCUT2D eigenvalue weighted by Crippen LogP contribution is 2.40. The van der Waals surface area contributed by atoms with Crippen molar-refractivity contribution in [3.8, 4) is 40.1 Å². The van der Waals surface area contributed by atoms with Gasteiger partial charge in [-0.3, -0.25) is 4.79 Å². The molecule has 3 heterocycles. The number of fused-ring (bicyclic) bond motifs is 1. The van der Waals surface area contributed by atoms with E-state index in [1.807, 2.05) is 0 Å². The molecular weight excluding hydrogens is 576 g/mol. The predicted molar refractivity (Wildman–Crippen MR) is 144 cm³/mol. The normalized spacial score (nSPS) is 32.9. The quantitative estimate of drug-likeness (QED) is 0.173. The van der Waals surface area contributed by atoms with Crippen LogP contribution in [-0.4, -0.2) is 109 Å². The summed E-state index contributed by atoms with van der Waals surface area (Å²) in [5.74, 6) is -1.89. The summed E-state index contributed by atoms with van der Waals surface area (Å²) in [5.41, 5.74) is -1.10. The summed E-state index contributed by atoms with van der Waals surface area (Å²) in [7, 11) is 1.33. The maximum atomic E-state index is 13.8. The third kappa shape index (κ3) is 5.57. The number of phenolic OH excluding ortho intramolecular Hbond substituents is 2. The van der Waals surface area contributed by atoms with Crippen molar-refractivity contribution in [3.05, 3.63) is 40.6 Å². The van der Waals surface area contributed by atoms with Gasteiger partial charge in [0.1, 0.15) is 59.1 Å². The third-order valence-electron chi connectivity index (χ3n) is 7.45. The molecule has 2 aromatic carbocycles. The highest BCUT2D eigenvalue weighted by atomic mass is 16.7. The summed E-state index contributed by atoms with van der Waals surface area (Å²) < 4.78 is 33.3. The third-order valence-corrected chi connectivity index (χ3v) is 7.45. The highest BCUT2D eigenvalue weighted by Gasteiger charge is 2.45. The van der Waals surface area contributed by atoms with Crippen molar-refractivity contribution in [2.24, 2.45) is 0 Å². The predicted octanol–water partition coefficient (Wildman–Crippen LogP) is -0.708. The van der Waals surface area contributed by atoms with Gasteiger partial charge in [-0.2, -0.15) is 0 Å². The average Bonchev–Trinajstić information content (AvgIpc) is 2.97. The van der Waals surface area contributed by atoms with E-state index in [4.69, 9.17) is 28.1 Å². The fraction of sp³-hybridized carbons (Fsp3) is 0.464. The largest absolute Gasteiger partial charge is 0.507 e. The van der Waals surface area contributed by atoms with E-state index in [1.54, 1.807) is 0 Å². The number of aliphatic hydroxyl groups excluding tert-OH is 6. The molecule has 3 aromatic rings. The number of rotatable bonds is 6. The van der Waals surface area contributed by atoms with Gasteiger partial charge in [-0.1, -0.05) is 0 Å². The van der Waals surface area contributed by atoms with Gasteiger partial charge in [-0.25, -0.2) is 0 Å². The molecule has 0 aliphatic carbocycles. The van der Waals surface area contributed by atoms with Gasteiger partial charge in [0.2, 0.25) is 23.8 Å². The number of methoxy groups -OCH3 is 1. The highest BCUT2D eigenvalue weighted by molar-refractivity contribution is 5.88. The molecule has 43 heavy (non-hydrogen) atoms. The van der Waals surface area contributed by atoms with Crippen molar-refractivity contribution in [1.82, 2.24) is 0 Å². The summed E-state index contributed by atoms with van der Waals surface area (Å²) in [5, 5.41) is 82.0. The minimum atomic E-state index is -1.79. The number of aliphatic hydroxyl groups is 6. The van der Waals surface area contributed by atoms with Gasteiger partial charge in [0, 0.05) is 17.7 Å². The van der Waals surface area contributed by atoms with Crippen molar-refractivity contribution in [1.29, 1.82) is 0 Å². The molecule has 0 amide bonds. The topological polar surface area (TPSA) is 238 Å². The number of phenols is 2. The molecule has 8 N–H and O–H groups in total. The Hall–Kier alpha value is -3.67. The van der Waals surface area contributed by atoms with Crippen molar-refractivity contribution in [2.75, 3.05) is 7.11 Å². The van der Waals surface area contributed by atoms with Gasteiger partial charge in [-0.15, -0.1) is 0 Å². The maximum Gasteiger partial charge on any atom is 0.239 e. The molecule has 0 saturated carbocycles. The zero-order valence-corrected chi connectivity index (χ0v) is 23.1. The van der Waals surface area contributed by atoms with Crippen LogP contribution in [0.3, 0.4) is 0 Å². The first-order valence-electron chi connectivity index (χ1n) is 13.3. The molecule has 2 aliphatic rings. The molecular formula is C28H32O15. The van der Waals surface area contributed by atoms with E-state index in [9.17, 15) is 45.6 Å². The average molecular weight is 609 g/mol. The molecule has 2 aliphatic heterocycles. The Morgan fingerprint density at radius 3 is 1.86 bits per heavy atom. The molecule has 2 saturated heterocycles. The lowest BCUT2D eigenvalue weighted by Crippen LogP contribution is -2.58. The molecule has 0 spiro atoms. The van der Waals surface area contributed by atoms with Gasteiger partial charge < -0.3 is 69.0 Å². The summed E-state index contributed by atoms with van der Waals surface area (Å²) in [4.78, 5) is 13.8. The zero-order valence-electron chi connectivity index (χ0n) is 23.1. The molecule has 15 heteroatoms. The second-order valence-corrected chi connectivity index (χ2v) is 10.4. The lowest BCUT2D eigenvalue weighted by atomic mass is 10.00. The Morgan fingerprint density at radius 1 is 0.721 bits per heavy atom. The standard InChI is InChI=1S/C28H32O15/c1-9-18(31)21(34)23(36)27(39-9)41-12-7-14(30)17-16(8-12)42-25(11-4-5-15(38-3)13(29)6-11)26(20(17)33)43-28-24(37)22(35)19(32)10(2)40-28/h4-10,18-19,21-24,27-32,34-37H,1-3H3/t9-,10-,18-,19-,21+,22+,23+,24+,27-,28-/m0/s1. The number of ether oxygens (including phenoxy) is 5. The van der Waals surface area contributed by atoms with Crippen molar-refractivity contribution in [2.45, 2.75) is 75.3 Å². The summed E-state index contributed by atoms with van der Waals surface area (Å²) in [6, 6.07) is 6.23. The minimum Gasteiger partial charge on any atom is -0.507 e. The molecule has 234 valence electrons. The smallest absolute Gasteiger partial charge is 0.239 e. The Morgan fingerprint density at radius 2 is 1.30 bits per heavy atom. The molecule has 15 nitrogen and oxygen atoms in total. The number of hydrogen-bond acceptors (Lipinski definition) is 15. The number of aromatic hydroxyl groups is 2. The second-order valence-electron chi connectivity index (χ2n) is 10.4. The van der Waals surface area contributed by atoms with E-state index in [0.717, 1.165) is 6.07 Å². The molecule has 1 aromatic heterocycles. The minimum absolute atomic E-state index is 0.0917. The molecule has 0 bridgehead atoms. The van der Waals surface area contributed by atoms with E-state index in [0.29, 0.717) is 0 Å². The first-order chi connectivity index (χ1) is 20.3. The van der Waals surface area contributed by atoms with Crippen LogP contribution in [-0.2, 0) is 9.47 Å². The molecule has 0 unspecified atom stereocenters. The van der Waals surface area contributed by atoms with Gasteiger partial charge >= 0.3 is 0 Å². The van der Waals surface area contributed by atoms with Crippen LogP contribution in [0.2, 0.25) is 0 Å². The summed E-state index contributed by atoms with van der Waals surface area (Å²) in [6.07, 6.45) is -14.6. The molecule has 0 radical (unpaired) electrons. The molecule has 2 fully saturated rings. The number of benzene rings is 2. The van der Waals surface area contributed by atoms with Crippen molar-refractivity contribution in [3.63, 3.8) is 0 Å². The molecule has 10 atom stereocenters. The first kappa shape index (κ1) is 30.8. The van der Waals surface area contributed by atoms with Crippen LogP contribution >= 0.6 is 0 Å². The maximum absolute atomic E-state index is 13.8. The van der Waals surface area contributed by atoms with Crippen molar-refractivity contribution >= 4 is 11.0 Å². The van der Waals surface area contributed by atoms with Gasteiger partial charge in [0.05, 0.1) is 19.3 Å². The Kier molecular flexibility index (Phi) is 8.43. The van der Waals surface area contributed by atoms with E-state index >= 15 is 0 Å².